The van der Waals surface area contributed by atoms with E-state index < -0.39 is 23.4 Å². The first-order valence-corrected chi connectivity index (χ1v) is 11.7. The van der Waals surface area contributed by atoms with Gasteiger partial charge in [0.2, 0.25) is 0 Å². The molecule has 0 radical (unpaired) electrons. The number of nitrogens with zero attached hydrogens (tertiary/aromatic N) is 3. The third-order valence-corrected chi connectivity index (χ3v) is 5.89. The number of ether oxygens (including phenoxy) is 1. The van der Waals surface area contributed by atoms with Crippen molar-refractivity contribution in [1.82, 2.24) is 4.90 Å². The van der Waals surface area contributed by atoms with E-state index in [0.717, 1.165) is 32.4 Å². The van der Waals surface area contributed by atoms with Gasteiger partial charge >= 0.3 is 5.97 Å². The molecule has 0 atom stereocenters. The Morgan fingerprint density at radius 1 is 1.06 bits per heavy atom. The fourth-order valence-electron chi connectivity index (χ4n) is 4.04. The van der Waals surface area contributed by atoms with Crippen LogP contribution in [0.2, 0.25) is 0 Å². The molecule has 3 rings (SSSR count). The maximum atomic E-state index is 12.8. The number of carbonyl (C=O) groups is 3. The molecule has 2 amide bonds. The van der Waals surface area contributed by atoms with Crippen molar-refractivity contribution in [3.05, 3.63) is 63.7 Å². The molecular formula is C25H30N4O6. The largest absolute Gasteiger partial charge is 0.452 e. The predicted octanol–water partition coefficient (Wildman–Crippen LogP) is 3.86. The Morgan fingerprint density at radius 2 is 1.77 bits per heavy atom. The zero-order chi connectivity index (χ0) is 25.4. The average Bonchev–Trinajstić information content (AvgIpc) is 2.88. The van der Waals surface area contributed by atoms with Gasteiger partial charge in [-0.05, 0) is 57.4 Å². The minimum atomic E-state index is -0.810. The van der Waals surface area contributed by atoms with Crippen molar-refractivity contribution >= 4 is 34.8 Å². The molecule has 10 nitrogen and oxygen atoms in total. The summed E-state index contributed by atoms with van der Waals surface area (Å²) >= 11 is 0. The first-order chi connectivity index (χ1) is 16.8. The van der Waals surface area contributed by atoms with Gasteiger partial charge in [-0.2, -0.15) is 0 Å². The number of amides is 2. The molecule has 10 heteroatoms. The number of non-ortho nitro benzene ring substituents is 1. The van der Waals surface area contributed by atoms with Crippen LogP contribution in [0.25, 0.3) is 0 Å². The number of nitrogens with one attached hydrogen (secondary N) is 1. The highest BCUT2D eigenvalue weighted by molar-refractivity contribution is 6.00. The molecule has 0 saturated carbocycles. The van der Waals surface area contributed by atoms with Crippen LogP contribution in [0.5, 0.6) is 0 Å². The van der Waals surface area contributed by atoms with Gasteiger partial charge in [-0.25, -0.2) is 4.79 Å². The number of nitro groups is 1. The fraction of sp³-hybridized carbons (Fsp3) is 0.400. The summed E-state index contributed by atoms with van der Waals surface area (Å²) in [5.74, 6) is -1.54. The zero-order valence-corrected chi connectivity index (χ0v) is 20.0. The summed E-state index contributed by atoms with van der Waals surface area (Å²) < 4.78 is 5.20. The van der Waals surface area contributed by atoms with Crippen LogP contribution in [-0.2, 0) is 9.53 Å². The quantitative estimate of drug-likeness (QED) is 0.327. The van der Waals surface area contributed by atoms with Crippen molar-refractivity contribution in [1.29, 1.82) is 0 Å². The Bertz CT molecular complexity index is 1090. The highest BCUT2D eigenvalue weighted by atomic mass is 16.6. The van der Waals surface area contributed by atoms with E-state index in [1.54, 1.807) is 35.2 Å². The normalized spacial score (nSPS) is 13.1. The summed E-state index contributed by atoms with van der Waals surface area (Å²) in [5, 5.41) is 13.9. The van der Waals surface area contributed by atoms with Crippen molar-refractivity contribution in [2.24, 2.45) is 0 Å². The van der Waals surface area contributed by atoms with Crippen molar-refractivity contribution in [2.45, 2.75) is 33.1 Å². The summed E-state index contributed by atoms with van der Waals surface area (Å²) in [7, 11) is 0. The molecule has 1 aliphatic heterocycles. The number of piperidine rings is 1. The molecule has 1 N–H and O–H groups in total. The minimum Gasteiger partial charge on any atom is -0.452 e. The molecule has 0 bridgehead atoms. The molecule has 186 valence electrons. The average molecular weight is 483 g/mol. The smallest absolute Gasteiger partial charge is 0.341 e. The van der Waals surface area contributed by atoms with Gasteiger partial charge in [0, 0.05) is 49.6 Å². The molecule has 1 saturated heterocycles. The van der Waals surface area contributed by atoms with Crippen molar-refractivity contribution in [3.8, 4) is 0 Å². The second kappa shape index (κ2) is 12.0. The Morgan fingerprint density at radius 3 is 2.43 bits per heavy atom. The Kier molecular flexibility index (Phi) is 8.77. The van der Waals surface area contributed by atoms with E-state index in [9.17, 15) is 24.5 Å². The molecule has 0 unspecified atom stereocenters. The number of anilines is 2. The summed E-state index contributed by atoms with van der Waals surface area (Å²) in [6, 6.07) is 10.6. The lowest BCUT2D eigenvalue weighted by Crippen LogP contribution is -2.31. The second-order valence-corrected chi connectivity index (χ2v) is 8.19. The third kappa shape index (κ3) is 6.56. The molecule has 1 heterocycles. The van der Waals surface area contributed by atoms with E-state index in [1.807, 2.05) is 18.7 Å². The van der Waals surface area contributed by atoms with Crippen LogP contribution >= 0.6 is 0 Å². The molecule has 2 aromatic rings. The van der Waals surface area contributed by atoms with E-state index in [-0.39, 0.29) is 17.2 Å². The van der Waals surface area contributed by atoms with Crippen LogP contribution in [-0.4, -0.2) is 60.4 Å². The van der Waals surface area contributed by atoms with E-state index in [4.69, 9.17) is 4.74 Å². The second-order valence-electron chi connectivity index (χ2n) is 8.19. The highest BCUT2D eigenvalue weighted by Crippen LogP contribution is 2.28. The highest BCUT2D eigenvalue weighted by Gasteiger charge is 2.23. The van der Waals surface area contributed by atoms with Crippen LogP contribution < -0.4 is 10.2 Å². The van der Waals surface area contributed by atoms with Gasteiger partial charge in [0.15, 0.2) is 6.61 Å². The molecule has 35 heavy (non-hydrogen) atoms. The van der Waals surface area contributed by atoms with E-state index >= 15 is 0 Å². The van der Waals surface area contributed by atoms with Crippen molar-refractivity contribution in [2.75, 3.05) is 43.0 Å². The molecule has 0 aliphatic carbocycles. The summed E-state index contributed by atoms with van der Waals surface area (Å²) in [6.07, 6.45) is 3.01. The number of benzene rings is 2. The predicted molar refractivity (Wildman–Crippen MR) is 132 cm³/mol. The zero-order valence-electron chi connectivity index (χ0n) is 20.0. The van der Waals surface area contributed by atoms with Crippen LogP contribution in [0.4, 0.5) is 17.1 Å². The number of hydrogen-bond donors (Lipinski definition) is 1. The molecule has 0 spiro atoms. The number of carbonyl (C=O) groups excluding carboxylic acids is 3. The van der Waals surface area contributed by atoms with Crippen LogP contribution in [0, 0.1) is 10.1 Å². The van der Waals surface area contributed by atoms with Crippen molar-refractivity contribution in [3.63, 3.8) is 0 Å². The van der Waals surface area contributed by atoms with Gasteiger partial charge in [0.05, 0.1) is 16.2 Å². The standard InChI is InChI=1S/C25H30N4O6/c1-3-27(4-2)24(31)18-9-8-10-19(15-18)26-23(30)17-35-25(32)21-16-20(29(33)34)11-12-22(21)28-13-6-5-7-14-28/h8-12,15-16H,3-7,13-14,17H2,1-2H3,(H,26,30). The maximum absolute atomic E-state index is 12.8. The number of rotatable bonds is 9. The summed E-state index contributed by atoms with van der Waals surface area (Å²) in [5.41, 5.74) is 1.22. The van der Waals surface area contributed by atoms with E-state index in [0.29, 0.717) is 30.0 Å². The fourth-order valence-corrected chi connectivity index (χ4v) is 4.04. The van der Waals surface area contributed by atoms with Crippen LogP contribution in [0.15, 0.2) is 42.5 Å². The Balaban J connectivity index is 1.68. The lowest BCUT2D eigenvalue weighted by Gasteiger charge is -2.30. The monoisotopic (exact) mass is 482 g/mol. The minimum absolute atomic E-state index is 0.0562. The van der Waals surface area contributed by atoms with Crippen molar-refractivity contribution < 1.29 is 24.0 Å². The first kappa shape index (κ1) is 25.7. The molecule has 1 fully saturated rings. The van der Waals surface area contributed by atoms with Crippen LogP contribution in [0.3, 0.4) is 0 Å². The van der Waals surface area contributed by atoms with E-state index in [2.05, 4.69) is 5.32 Å². The first-order valence-electron chi connectivity index (χ1n) is 11.7. The van der Waals surface area contributed by atoms with E-state index in [1.165, 1.54) is 12.1 Å². The Labute approximate surface area is 204 Å². The lowest BCUT2D eigenvalue weighted by molar-refractivity contribution is -0.384. The third-order valence-electron chi connectivity index (χ3n) is 5.89. The molecule has 2 aromatic carbocycles. The number of nitro benzene ring substituents is 1. The SMILES string of the molecule is CCN(CC)C(=O)c1cccc(NC(=O)COC(=O)c2cc([N+](=O)[O-])ccc2N2CCCCC2)c1. The maximum Gasteiger partial charge on any atom is 0.341 e. The van der Waals surface area contributed by atoms with Gasteiger partial charge in [-0.15, -0.1) is 0 Å². The molecule has 1 aliphatic rings. The Hall–Kier alpha value is -3.95. The van der Waals surface area contributed by atoms with Crippen LogP contribution in [0.1, 0.15) is 53.8 Å². The van der Waals surface area contributed by atoms with Gasteiger partial charge < -0.3 is 19.9 Å². The number of esters is 1. The summed E-state index contributed by atoms with van der Waals surface area (Å²) in [6.45, 7) is 5.81. The van der Waals surface area contributed by atoms with Gasteiger partial charge in [-0.3, -0.25) is 19.7 Å². The van der Waals surface area contributed by atoms with Gasteiger partial charge in [-0.1, -0.05) is 6.07 Å². The van der Waals surface area contributed by atoms with Gasteiger partial charge in [0.25, 0.3) is 17.5 Å². The van der Waals surface area contributed by atoms with Gasteiger partial charge in [0.1, 0.15) is 0 Å². The molecule has 0 aromatic heterocycles. The summed E-state index contributed by atoms with van der Waals surface area (Å²) in [4.78, 5) is 52.1. The molecular weight excluding hydrogens is 452 g/mol. The lowest BCUT2D eigenvalue weighted by atomic mass is 10.1. The number of hydrogen-bond acceptors (Lipinski definition) is 7. The topological polar surface area (TPSA) is 122 Å².